The number of hydrogen-bond donors (Lipinski definition) is 0. The van der Waals surface area contributed by atoms with E-state index in [4.69, 9.17) is 0 Å². The summed E-state index contributed by atoms with van der Waals surface area (Å²) in [5.74, 6) is 0. The molecule has 0 saturated heterocycles. The number of hydrogen-bond acceptors (Lipinski definition) is 2. The molecule has 2 rings (SSSR count). The number of aryl methyl sites for hydroxylation is 1. The van der Waals surface area contributed by atoms with E-state index in [-0.39, 0.29) is 0 Å². The van der Waals surface area contributed by atoms with Crippen molar-refractivity contribution in [1.82, 2.24) is 0 Å². The van der Waals surface area contributed by atoms with Crippen molar-refractivity contribution in [2.45, 2.75) is 13.8 Å². The number of aldehydes is 1. The molecule has 0 aliphatic carbocycles. The molecule has 0 N–H and O–H groups in total. The van der Waals surface area contributed by atoms with Gasteiger partial charge in [0.25, 0.3) is 0 Å². The number of halogens is 1. The van der Waals surface area contributed by atoms with Crippen LogP contribution in [0.2, 0.25) is 0 Å². The van der Waals surface area contributed by atoms with Gasteiger partial charge in [-0.05, 0) is 49.7 Å². The maximum absolute atomic E-state index is 11.2. The van der Waals surface area contributed by atoms with E-state index in [2.05, 4.69) is 52.9 Å². The molecule has 3 heteroatoms. The van der Waals surface area contributed by atoms with Gasteiger partial charge in [-0.2, -0.15) is 0 Å². The highest BCUT2D eigenvalue weighted by Gasteiger charge is 2.12. The first-order valence-electron chi connectivity index (χ1n) is 6.24. The van der Waals surface area contributed by atoms with Gasteiger partial charge < -0.3 is 4.90 Å². The zero-order valence-electron chi connectivity index (χ0n) is 11.1. The Kier molecular flexibility index (Phi) is 4.38. The maximum atomic E-state index is 11.2. The lowest BCUT2D eigenvalue weighted by molar-refractivity contribution is 0.112. The molecule has 0 spiro atoms. The summed E-state index contributed by atoms with van der Waals surface area (Å²) in [6.07, 6.45) is 0.903. The summed E-state index contributed by atoms with van der Waals surface area (Å²) in [6.45, 7) is 4.96. The zero-order chi connectivity index (χ0) is 13.8. The summed E-state index contributed by atoms with van der Waals surface area (Å²) in [6, 6.07) is 14.0. The molecule has 0 amide bonds. The lowest BCUT2D eigenvalue weighted by Gasteiger charge is -2.25. The van der Waals surface area contributed by atoms with E-state index < -0.39 is 0 Å². The number of carbonyl (C=O) groups is 1. The molecule has 0 aliphatic rings. The Hall–Kier alpha value is -1.61. The monoisotopic (exact) mass is 317 g/mol. The number of nitrogens with zero attached hydrogens (tertiary/aromatic N) is 1. The average molecular weight is 318 g/mol. The molecule has 19 heavy (non-hydrogen) atoms. The summed E-state index contributed by atoms with van der Waals surface area (Å²) in [5.41, 5.74) is 3.94. The van der Waals surface area contributed by atoms with E-state index in [9.17, 15) is 4.79 Å². The van der Waals surface area contributed by atoms with Crippen molar-refractivity contribution in [2.24, 2.45) is 0 Å². The second-order valence-electron chi connectivity index (χ2n) is 4.40. The van der Waals surface area contributed by atoms with Crippen LogP contribution in [0.15, 0.2) is 46.9 Å². The summed E-state index contributed by atoms with van der Waals surface area (Å²) < 4.78 is 0.971. The van der Waals surface area contributed by atoms with Crippen LogP contribution in [0.5, 0.6) is 0 Å². The fourth-order valence-electron chi connectivity index (χ4n) is 2.14. The van der Waals surface area contributed by atoms with E-state index in [1.54, 1.807) is 0 Å². The van der Waals surface area contributed by atoms with E-state index in [0.717, 1.165) is 28.7 Å². The zero-order valence-corrected chi connectivity index (χ0v) is 12.6. The SMILES string of the molecule is CCN(c1cccc(C)c1)c1cc(Br)ccc1C=O. The van der Waals surface area contributed by atoms with Crippen molar-refractivity contribution in [2.75, 3.05) is 11.4 Å². The van der Waals surface area contributed by atoms with Crippen LogP contribution in [0, 0.1) is 6.92 Å². The smallest absolute Gasteiger partial charge is 0.152 e. The number of rotatable bonds is 4. The fraction of sp³-hybridized carbons (Fsp3) is 0.188. The third-order valence-corrected chi connectivity index (χ3v) is 3.53. The molecule has 0 saturated carbocycles. The highest BCUT2D eigenvalue weighted by atomic mass is 79.9. The van der Waals surface area contributed by atoms with Crippen LogP contribution in [-0.2, 0) is 0 Å². The second-order valence-corrected chi connectivity index (χ2v) is 5.32. The molecule has 0 radical (unpaired) electrons. The highest BCUT2D eigenvalue weighted by molar-refractivity contribution is 9.10. The van der Waals surface area contributed by atoms with Crippen molar-refractivity contribution in [3.8, 4) is 0 Å². The van der Waals surface area contributed by atoms with Crippen molar-refractivity contribution < 1.29 is 4.79 Å². The van der Waals surface area contributed by atoms with Gasteiger partial charge in [0.15, 0.2) is 6.29 Å². The van der Waals surface area contributed by atoms with Crippen molar-refractivity contribution in [3.63, 3.8) is 0 Å². The molecule has 0 aromatic heterocycles. The second kappa shape index (κ2) is 6.02. The largest absolute Gasteiger partial charge is 0.341 e. The van der Waals surface area contributed by atoms with Gasteiger partial charge in [0.05, 0.1) is 5.69 Å². The normalized spacial score (nSPS) is 10.3. The van der Waals surface area contributed by atoms with Gasteiger partial charge in [0, 0.05) is 22.3 Å². The molecule has 0 unspecified atom stereocenters. The van der Waals surface area contributed by atoms with Crippen molar-refractivity contribution in [3.05, 3.63) is 58.1 Å². The van der Waals surface area contributed by atoms with Crippen molar-refractivity contribution in [1.29, 1.82) is 0 Å². The summed E-state index contributed by atoms with van der Waals surface area (Å²) >= 11 is 3.47. The van der Waals surface area contributed by atoms with Crippen LogP contribution < -0.4 is 4.90 Å². The van der Waals surface area contributed by atoms with Gasteiger partial charge in [-0.1, -0.05) is 28.1 Å². The van der Waals surface area contributed by atoms with Crippen molar-refractivity contribution >= 4 is 33.6 Å². The fourth-order valence-corrected chi connectivity index (χ4v) is 2.49. The van der Waals surface area contributed by atoms with E-state index >= 15 is 0 Å². The topological polar surface area (TPSA) is 20.3 Å². The minimum Gasteiger partial charge on any atom is -0.341 e. The van der Waals surface area contributed by atoms with E-state index in [0.29, 0.717) is 5.56 Å². The first-order chi connectivity index (χ1) is 9.15. The van der Waals surface area contributed by atoms with Gasteiger partial charge >= 0.3 is 0 Å². The summed E-state index contributed by atoms with van der Waals surface area (Å²) in [5, 5.41) is 0. The Morgan fingerprint density at radius 1 is 1.21 bits per heavy atom. The Balaban J connectivity index is 2.53. The lowest BCUT2D eigenvalue weighted by atomic mass is 10.1. The summed E-state index contributed by atoms with van der Waals surface area (Å²) in [7, 11) is 0. The number of benzene rings is 2. The van der Waals surface area contributed by atoms with Gasteiger partial charge in [0.2, 0.25) is 0 Å². The minimum atomic E-state index is 0.701. The highest BCUT2D eigenvalue weighted by Crippen LogP contribution is 2.30. The predicted molar refractivity (Wildman–Crippen MR) is 83.4 cm³/mol. The molecular formula is C16H16BrNO. The lowest BCUT2D eigenvalue weighted by Crippen LogP contribution is -2.17. The number of anilines is 2. The minimum absolute atomic E-state index is 0.701. The average Bonchev–Trinajstić information content (AvgIpc) is 2.40. The van der Waals surface area contributed by atoms with Crippen LogP contribution in [0.1, 0.15) is 22.8 Å². The van der Waals surface area contributed by atoms with Gasteiger partial charge in [-0.25, -0.2) is 0 Å². The third-order valence-electron chi connectivity index (χ3n) is 3.04. The van der Waals surface area contributed by atoms with E-state index in [1.165, 1.54) is 5.56 Å². The molecule has 0 atom stereocenters. The quantitative estimate of drug-likeness (QED) is 0.760. The molecule has 0 aliphatic heterocycles. The Labute approximate surface area is 122 Å². The van der Waals surface area contributed by atoms with Crippen LogP contribution in [0.3, 0.4) is 0 Å². The molecular weight excluding hydrogens is 302 g/mol. The molecule has 2 nitrogen and oxygen atoms in total. The summed E-state index contributed by atoms with van der Waals surface area (Å²) in [4.78, 5) is 13.4. The number of carbonyl (C=O) groups excluding carboxylic acids is 1. The van der Waals surface area contributed by atoms with Crippen LogP contribution in [-0.4, -0.2) is 12.8 Å². The van der Waals surface area contributed by atoms with Gasteiger partial charge in [-0.3, -0.25) is 4.79 Å². The predicted octanol–water partition coefficient (Wildman–Crippen LogP) is 4.73. The van der Waals surface area contributed by atoms with Crippen LogP contribution in [0.4, 0.5) is 11.4 Å². The molecule has 98 valence electrons. The van der Waals surface area contributed by atoms with Gasteiger partial charge in [-0.15, -0.1) is 0 Å². The standard InChI is InChI=1S/C16H16BrNO/c1-3-18(15-6-4-5-12(2)9-15)16-10-14(17)8-7-13(16)11-19/h4-11H,3H2,1-2H3. The van der Waals surface area contributed by atoms with E-state index in [1.807, 2.05) is 24.3 Å². The first kappa shape index (κ1) is 13.8. The van der Waals surface area contributed by atoms with Gasteiger partial charge in [0.1, 0.15) is 0 Å². The molecule has 0 fully saturated rings. The maximum Gasteiger partial charge on any atom is 0.152 e. The molecule has 2 aromatic carbocycles. The molecule has 0 bridgehead atoms. The molecule has 2 aromatic rings. The Bertz CT molecular complexity index is 595. The Morgan fingerprint density at radius 2 is 2.00 bits per heavy atom. The van der Waals surface area contributed by atoms with Crippen LogP contribution >= 0.6 is 15.9 Å². The van der Waals surface area contributed by atoms with Crippen LogP contribution in [0.25, 0.3) is 0 Å². The molecule has 0 heterocycles. The third kappa shape index (κ3) is 3.04. The Morgan fingerprint density at radius 3 is 2.63 bits per heavy atom. The first-order valence-corrected chi connectivity index (χ1v) is 7.04.